The molecular weight excluding hydrogens is 285 g/mol. The molecule has 2 nitrogen and oxygen atoms in total. The van der Waals surface area contributed by atoms with Gasteiger partial charge in [-0.25, -0.2) is 4.39 Å². The van der Waals surface area contributed by atoms with Crippen LogP contribution in [0.2, 0.25) is 0 Å². The molecular formula is C13H17BrFNO. The monoisotopic (exact) mass is 301 g/mol. The summed E-state index contributed by atoms with van der Waals surface area (Å²) in [6.07, 6.45) is 1.04. The highest BCUT2D eigenvalue weighted by atomic mass is 79.9. The Morgan fingerprint density at radius 1 is 1.53 bits per heavy atom. The molecule has 94 valence electrons. The molecule has 4 heteroatoms. The molecule has 17 heavy (non-hydrogen) atoms. The number of hydrogen-bond acceptors (Lipinski definition) is 2. The van der Waals surface area contributed by atoms with Gasteiger partial charge >= 0.3 is 0 Å². The van der Waals surface area contributed by atoms with Gasteiger partial charge in [0.2, 0.25) is 0 Å². The molecule has 1 aromatic carbocycles. The zero-order valence-corrected chi connectivity index (χ0v) is 11.5. The molecule has 1 fully saturated rings. The minimum Gasteiger partial charge on any atom is -0.378 e. The summed E-state index contributed by atoms with van der Waals surface area (Å²) in [5, 5.41) is 0. The summed E-state index contributed by atoms with van der Waals surface area (Å²) in [5.74, 6) is -0.138. The van der Waals surface area contributed by atoms with E-state index in [1.54, 1.807) is 0 Å². The van der Waals surface area contributed by atoms with Crippen LogP contribution in [-0.4, -0.2) is 30.7 Å². The maximum absolute atomic E-state index is 13.7. The van der Waals surface area contributed by atoms with Gasteiger partial charge in [0.15, 0.2) is 0 Å². The number of rotatable bonds is 3. The molecule has 0 bridgehead atoms. The number of hydrogen-bond donors (Lipinski definition) is 0. The minimum absolute atomic E-state index is 0.138. The van der Waals surface area contributed by atoms with Gasteiger partial charge in [-0.2, -0.15) is 0 Å². The highest BCUT2D eigenvalue weighted by Gasteiger charge is 2.22. The molecule has 1 saturated heterocycles. The van der Waals surface area contributed by atoms with E-state index in [0.29, 0.717) is 12.6 Å². The summed E-state index contributed by atoms with van der Waals surface area (Å²) in [6.45, 7) is 5.20. The van der Waals surface area contributed by atoms with Crippen molar-refractivity contribution in [1.82, 2.24) is 4.90 Å². The molecule has 0 saturated carbocycles. The molecule has 0 radical (unpaired) electrons. The SMILES string of the molecule is CCC1COCCN1Cc1ccc(Br)cc1F. The standard InChI is InChI=1S/C13H17BrFNO/c1-2-12-9-17-6-5-16(12)8-10-3-4-11(14)7-13(10)15/h3-4,7,12H,2,5-6,8-9H2,1H3. The molecule has 1 aromatic rings. The maximum atomic E-state index is 13.7. The van der Waals surface area contributed by atoms with E-state index in [2.05, 4.69) is 27.8 Å². The van der Waals surface area contributed by atoms with Gasteiger partial charge in [0.1, 0.15) is 5.82 Å². The van der Waals surface area contributed by atoms with Crippen molar-refractivity contribution in [3.63, 3.8) is 0 Å². The Bertz CT molecular complexity index is 386. The third kappa shape index (κ3) is 3.27. The molecule has 1 unspecified atom stereocenters. The van der Waals surface area contributed by atoms with Crippen LogP contribution in [0, 0.1) is 5.82 Å². The molecule has 1 heterocycles. The average Bonchev–Trinajstić information content (AvgIpc) is 2.33. The molecule has 2 rings (SSSR count). The molecule has 0 amide bonds. The van der Waals surface area contributed by atoms with Crippen molar-refractivity contribution in [2.24, 2.45) is 0 Å². The summed E-state index contributed by atoms with van der Waals surface area (Å²) >= 11 is 3.27. The smallest absolute Gasteiger partial charge is 0.128 e. The van der Waals surface area contributed by atoms with Gasteiger partial charge in [-0.3, -0.25) is 4.90 Å². The van der Waals surface area contributed by atoms with Gasteiger partial charge in [0.05, 0.1) is 13.2 Å². The summed E-state index contributed by atoms with van der Waals surface area (Å²) in [4.78, 5) is 2.30. The van der Waals surface area contributed by atoms with Crippen molar-refractivity contribution in [1.29, 1.82) is 0 Å². The Morgan fingerprint density at radius 3 is 3.06 bits per heavy atom. The van der Waals surface area contributed by atoms with Gasteiger partial charge in [-0.05, 0) is 18.6 Å². The zero-order valence-electron chi connectivity index (χ0n) is 9.96. The van der Waals surface area contributed by atoms with E-state index < -0.39 is 0 Å². The van der Waals surface area contributed by atoms with E-state index in [9.17, 15) is 4.39 Å². The van der Waals surface area contributed by atoms with Crippen molar-refractivity contribution < 1.29 is 9.13 Å². The van der Waals surface area contributed by atoms with Crippen LogP contribution in [0.1, 0.15) is 18.9 Å². The van der Waals surface area contributed by atoms with E-state index in [-0.39, 0.29) is 5.82 Å². The van der Waals surface area contributed by atoms with E-state index >= 15 is 0 Å². The predicted octanol–water partition coefficient (Wildman–Crippen LogP) is 3.20. The molecule has 0 spiro atoms. The van der Waals surface area contributed by atoms with Crippen molar-refractivity contribution in [3.05, 3.63) is 34.1 Å². The second kappa shape index (κ2) is 5.94. The summed E-state index contributed by atoms with van der Waals surface area (Å²) in [5.41, 5.74) is 0.758. The van der Waals surface area contributed by atoms with Gasteiger partial charge in [0, 0.05) is 29.2 Å². The van der Waals surface area contributed by atoms with Crippen molar-refractivity contribution in [3.8, 4) is 0 Å². The van der Waals surface area contributed by atoms with Gasteiger partial charge < -0.3 is 4.74 Å². The lowest BCUT2D eigenvalue weighted by Crippen LogP contribution is -2.44. The van der Waals surface area contributed by atoms with Crippen LogP contribution in [0.4, 0.5) is 4.39 Å². The summed E-state index contributed by atoms with van der Waals surface area (Å²) in [7, 11) is 0. The Balaban J connectivity index is 2.08. The normalized spacial score (nSPS) is 21.7. The van der Waals surface area contributed by atoms with E-state index in [0.717, 1.165) is 36.2 Å². The highest BCUT2D eigenvalue weighted by molar-refractivity contribution is 9.10. The largest absolute Gasteiger partial charge is 0.378 e. The zero-order chi connectivity index (χ0) is 12.3. The van der Waals surface area contributed by atoms with Crippen LogP contribution in [0.15, 0.2) is 22.7 Å². The Morgan fingerprint density at radius 2 is 2.35 bits per heavy atom. The Hall–Kier alpha value is -0.450. The lowest BCUT2D eigenvalue weighted by Gasteiger charge is -2.35. The third-order valence-electron chi connectivity index (χ3n) is 3.21. The molecule has 1 aliphatic heterocycles. The van der Waals surface area contributed by atoms with Crippen LogP contribution >= 0.6 is 15.9 Å². The second-order valence-corrected chi connectivity index (χ2v) is 5.26. The van der Waals surface area contributed by atoms with Gasteiger partial charge in [-0.15, -0.1) is 0 Å². The van der Waals surface area contributed by atoms with E-state index in [1.807, 2.05) is 12.1 Å². The minimum atomic E-state index is -0.138. The van der Waals surface area contributed by atoms with Gasteiger partial charge in [-0.1, -0.05) is 28.9 Å². The Labute approximate surface area is 110 Å². The fraction of sp³-hybridized carbons (Fsp3) is 0.538. The van der Waals surface area contributed by atoms with Crippen molar-refractivity contribution in [2.75, 3.05) is 19.8 Å². The van der Waals surface area contributed by atoms with Crippen LogP contribution in [0.5, 0.6) is 0 Å². The number of benzene rings is 1. The molecule has 0 aromatic heterocycles. The third-order valence-corrected chi connectivity index (χ3v) is 3.70. The van der Waals surface area contributed by atoms with E-state index in [1.165, 1.54) is 6.07 Å². The van der Waals surface area contributed by atoms with Crippen molar-refractivity contribution >= 4 is 15.9 Å². The second-order valence-electron chi connectivity index (χ2n) is 4.34. The first-order valence-corrected chi connectivity index (χ1v) is 6.75. The fourth-order valence-electron chi connectivity index (χ4n) is 2.14. The topological polar surface area (TPSA) is 12.5 Å². The quantitative estimate of drug-likeness (QED) is 0.850. The van der Waals surface area contributed by atoms with E-state index in [4.69, 9.17) is 4.74 Å². The number of halogens is 2. The van der Waals surface area contributed by atoms with Crippen LogP contribution < -0.4 is 0 Å². The number of ether oxygens (including phenoxy) is 1. The Kier molecular flexibility index (Phi) is 4.54. The molecule has 0 aliphatic carbocycles. The number of morpholine rings is 1. The first-order chi connectivity index (χ1) is 8.20. The molecule has 1 aliphatic rings. The average molecular weight is 302 g/mol. The van der Waals surface area contributed by atoms with Crippen LogP contribution in [0.3, 0.4) is 0 Å². The van der Waals surface area contributed by atoms with Gasteiger partial charge in [0.25, 0.3) is 0 Å². The van der Waals surface area contributed by atoms with Crippen molar-refractivity contribution in [2.45, 2.75) is 25.9 Å². The fourth-order valence-corrected chi connectivity index (χ4v) is 2.48. The lowest BCUT2D eigenvalue weighted by atomic mass is 10.1. The molecule has 1 atom stereocenters. The maximum Gasteiger partial charge on any atom is 0.128 e. The highest BCUT2D eigenvalue weighted by Crippen LogP contribution is 2.19. The summed E-state index contributed by atoms with van der Waals surface area (Å²) in [6, 6.07) is 5.67. The first kappa shape index (κ1) is 13.0. The number of nitrogens with zero attached hydrogens (tertiary/aromatic N) is 1. The molecule has 0 N–H and O–H groups in total. The first-order valence-electron chi connectivity index (χ1n) is 5.96. The predicted molar refractivity (Wildman–Crippen MR) is 69.4 cm³/mol. The lowest BCUT2D eigenvalue weighted by molar-refractivity contribution is -0.0131. The van der Waals surface area contributed by atoms with Crippen LogP contribution in [0.25, 0.3) is 0 Å². The van der Waals surface area contributed by atoms with Crippen LogP contribution in [-0.2, 0) is 11.3 Å². The summed E-state index contributed by atoms with van der Waals surface area (Å²) < 4.78 is 20.0.